The van der Waals surface area contributed by atoms with Gasteiger partial charge in [0.2, 0.25) is 0 Å². The molecule has 2 aromatic rings. The molecule has 3 rings (SSSR count). The molecule has 31 heavy (non-hydrogen) atoms. The number of hydrogen-bond donors (Lipinski definition) is 1. The molecule has 1 aliphatic heterocycles. The molecule has 1 aromatic heterocycles. The zero-order chi connectivity index (χ0) is 22.5. The molecular weight excluding hydrogens is 386 g/mol. The van der Waals surface area contributed by atoms with Gasteiger partial charge in [-0.05, 0) is 52.2 Å². The molecule has 6 nitrogen and oxygen atoms in total. The van der Waals surface area contributed by atoms with Gasteiger partial charge >= 0.3 is 0 Å². The van der Waals surface area contributed by atoms with E-state index in [9.17, 15) is 4.79 Å². The predicted molar refractivity (Wildman–Crippen MR) is 125 cm³/mol. The van der Waals surface area contributed by atoms with Crippen molar-refractivity contribution in [3.8, 4) is 0 Å². The first-order chi connectivity index (χ1) is 14.7. The van der Waals surface area contributed by atoms with Gasteiger partial charge in [-0.2, -0.15) is 0 Å². The van der Waals surface area contributed by atoms with Crippen molar-refractivity contribution in [1.29, 1.82) is 0 Å². The molecule has 0 saturated heterocycles. The SMILES string of the molecule is CC(C)=CCN1CCc2nnc([C@H](CC(C)C)NC(=O)c3cc(C)cc(C)c3)n2CC1. The summed E-state index contributed by atoms with van der Waals surface area (Å²) in [4.78, 5) is 15.5. The number of aryl methyl sites for hydroxylation is 2. The Labute approximate surface area is 186 Å². The first kappa shape index (κ1) is 23.2. The van der Waals surface area contributed by atoms with E-state index in [1.165, 1.54) is 5.57 Å². The molecule has 0 spiro atoms. The first-order valence-corrected chi connectivity index (χ1v) is 11.4. The normalized spacial score (nSPS) is 15.3. The summed E-state index contributed by atoms with van der Waals surface area (Å²) in [6.45, 7) is 16.4. The number of allylic oxidation sites excluding steroid dienone is 1. The highest BCUT2D eigenvalue weighted by Crippen LogP contribution is 2.23. The van der Waals surface area contributed by atoms with E-state index < -0.39 is 0 Å². The van der Waals surface area contributed by atoms with Crippen LogP contribution >= 0.6 is 0 Å². The summed E-state index contributed by atoms with van der Waals surface area (Å²) in [6.07, 6.45) is 3.98. The summed E-state index contributed by atoms with van der Waals surface area (Å²) >= 11 is 0. The lowest BCUT2D eigenvalue weighted by Crippen LogP contribution is -2.32. The zero-order valence-electron chi connectivity index (χ0n) is 19.9. The second-order valence-electron chi connectivity index (χ2n) is 9.49. The van der Waals surface area contributed by atoms with Crippen LogP contribution in [0, 0.1) is 19.8 Å². The topological polar surface area (TPSA) is 63.1 Å². The van der Waals surface area contributed by atoms with Gasteiger partial charge in [0.1, 0.15) is 5.82 Å². The van der Waals surface area contributed by atoms with E-state index in [0.717, 1.165) is 61.8 Å². The summed E-state index contributed by atoms with van der Waals surface area (Å²) in [7, 11) is 0. The lowest BCUT2D eigenvalue weighted by Gasteiger charge is -2.22. The molecule has 168 valence electrons. The van der Waals surface area contributed by atoms with E-state index in [1.54, 1.807) is 0 Å². The Morgan fingerprint density at radius 1 is 1.10 bits per heavy atom. The number of nitrogens with one attached hydrogen (secondary N) is 1. The lowest BCUT2D eigenvalue weighted by atomic mass is 10.0. The number of hydrogen-bond acceptors (Lipinski definition) is 4. The molecule has 0 unspecified atom stereocenters. The Morgan fingerprint density at radius 3 is 2.45 bits per heavy atom. The van der Waals surface area contributed by atoms with Gasteiger partial charge < -0.3 is 9.88 Å². The molecule has 1 aromatic carbocycles. The number of carbonyl (C=O) groups excluding carboxylic acids is 1. The summed E-state index contributed by atoms with van der Waals surface area (Å²) < 4.78 is 2.23. The largest absolute Gasteiger partial charge is 0.342 e. The van der Waals surface area contributed by atoms with Crippen LogP contribution < -0.4 is 5.32 Å². The van der Waals surface area contributed by atoms with Gasteiger partial charge in [-0.15, -0.1) is 10.2 Å². The Morgan fingerprint density at radius 2 is 1.81 bits per heavy atom. The van der Waals surface area contributed by atoms with Crippen LogP contribution in [0.25, 0.3) is 0 Å². The molecule has 0 saturated carbocycles. The van der Waals surface area contributed by atoms with E-state index in [4.69, 9.17) is 0 Å². The fraction of sp³-hybridized carbons (Fsp3) is 0.560. The number of aromatic nitrogens is 3. The Bertz CT molecular complexity index is 919. The number of amides is 1. The van der Waals surface area contributed by atoms with Crippen LogP contribution in [0.2, 0.25) is 0 Å². The van der Waals surface area contributed by atoms with Crippen molar-refractivity contribution in [2.75, 3.05) is 19.6 Å². The highest BCUT2D eigenvalue weighted by molar-refractivity contribution is 5.94. The van der Waals surface area contributed by atoms with Gasteiger partial charge in [0.05, 0.1) is 6.04 Å². The van der Waals surface area contributed by atoms with Gasteiger partial charge in [0, 0.05) is 38.2 Å². The van der Waals surface area contributed by atoms with E-state index in [2.05, 4.69) is 64.8 Å². The minimum atomic E-state index is -0.154. The average molecular weight is 424 g/mol. The fourth-order valence-corrected chi connectivity index (χ4v) is 4.19. The number of nitrogens with zero attached hydrogens (tertiary/aromatic N) is 4. The molecule has 0 radical (unpaired) electrons. The minimum Gasteiger partial charge on any atom is -0.342 e. The number of rotatable bonds is 7. The van der Waals surface area contributed by atoms with Crippen molar-refractivity contribution >= 4 is 5.91 Å². The Hall–Kier alpha value is -2.47. The molecular formula is C25H37N5O. The number of fused-ring (bicyclic) bond motifs is 1. The predicted octanol–water partition coefficient (Wildman–Crippen LogP) is 4.24. The van der Waals surface area contributed by atoms with Crippen molar-refractivity contribution < 1.29 is 4.79 Å². The first-order valence-electron chi connectivity index (χ1n) is 11.4. The molecule has 0 aliphatic carbocycles. The maximum absolute atomic E-state index is 13.1. The van der Waals surface area contributed by atoms with E-state index in [1.807, 2.05) is 26.0 Å². The number of benzene rings is 1. The van der Waals surface area contributed by atoms with Crippen LogP contribution in [0.3, 0.4) is 0 Å². The van der Waals surface area contributed by atoms with Crippen LogP contribution in [-0.2, 0) is 13.0 Å². The third kappa shape index (κ3) is 6.26. The van der Waals surface area contributed by atoms with Crippen LogP contribution in [0.5, 0.6) is 0 Å². The highest BCUT2D eigenvalue weighted by atomic mass is 16.1. The Kier molecular flexibility index (Phi) is 7.65. The van der Waals surface area contributed by atoms with E-state index >= 15 is 0 Å². The zero-order valence-corrected chi connectivity index (χ0v) is 19.9. The monoisotopic (exact) mass is 423 g/mol. The maximum atomic E-state index is 13.1. The molecule has 0 fully saturated rings. The molecule has 1 N–H and O–H groups in total. The molecule has 2 heterocycles. The molecule has 1 amide bonds. The van der Waals surface area contributed by atoms with Gasteiger partial charge in [0.15, 0.2) is 5.82 Å². The lowest BCUT2D eigenvalue weighted by molar-refractivity contribution is 0.0928. The van der Waals surface area contributed by atoms with Crippen LogP contribution in [0.15, 0.2) is 29.8 Å². The van der Waals surface area contributed by atoms with Crippen LogP contribution in [0.4, 0.5) is 0 Å². The standard InChI is InChI=1S/C25H37N5O/c1-17(2)7-9-29-10-8-23-27-28-24(30(23)12-11-29)22(13-18(3)4)26-25(31)21-15-19(5)14-20(6)16-21/h7,14-16,18,22H,8-13H2,1-6H3,(H,26,31)/t22-/m0/s1. The van der Waals surface area contributed by atoms with Crippen molar-refractivity contribution in [1.82, 2.24) is 25.0 Å². The van der Waals surface area contributed by atoms with Crippen molar-refractivity contribution in [3.63, 3.8) is 0 Å². The van der Waals surface area contributed by atoms with Gasteiger partial charge in [-0.3, -0.25) is 9.69 Å². The van der Waals surface area contributed by atoms with E-state index in [-0.39, 0.29) is 11.9 Å². The van der Waals surface area contributed by atoms with Gasteiger partial charge in [-0.1, -0.05) is 42.7 Å². The molecule has 1 aliphatic rings. The van der Waals surface area contributed by atoms with E-state index in [0.29, 0.717) is 11.5 Å². The van der Waals surface area contributed by atoms with Crippen LogP contribution in [-0.4, -0.2) is 45.2 Å². The minimum absolute atomic E-state index is 0.0476. The van der Waals surface area contributed by atoms with Crippen molar-refractivity contribution in [3.05, 3.63) is 58.2 Å². The smallest absolute Gasteiger partial charge is 0.251 e. The molecule has 1 atom stereocenters. The number of carbonyl (C=O) groups is 1. The molecule has 6 heteroatoms. The fourth-order valence-electron chi connectivity index (χ4n) is 4.19. The van der Waals surface area contributed by atoms with Gasteiger partial charge in [0.25, 0.3) is 5.91 Å². The maximum Gasteiger partial charge on any atom is 0.251 e. The third-order valence-corrected chi connectivity index (χ3v) is 5.71. The second-order valence-corrected chi connectivity index (χ2v) is 9.49. The van der Waals surface area contributed by atoms with Gasteiger partial charge in [-0.25, -0.2) is 0 Å². The highest BCUT2D eigenvalue weighted by Gasteiger charge is 2.26. The quantitative estimate of drug-likeness (QED) is 0.677. The average Bonchev–Trinajstić information content (AvgIpc) is 2.97. The summed E-state index contributed by atoms with van der Waals surface area (Å²) in [5.41, 5.74) is 4.24. The second kappa shape index (κ2) is 10.2. The Balaban J connectivity index is 1.80. The summed E-state index contributed by atoms with van der Waals surface area (Å²) in [6, 6.07) is 5.82. The summed E-state index contributed by atoms with van der Waals surface area (Å²) in [5, 5.41) is 12.3. The van der Waals surface area contributed by atoms with Crippen LogP contribution in [0.1, 0.15) is 73.3 Å². The third-order valence-electron chi connectivity index (χ3n) is 5.71. The van der Waals surface area contributed by atoms with Crippen molar-refractivity contribution in [2.24, 2.45) is 5.92 Å². The summed E-state index contributed by atoms with van der Waals surface area (Å²) in [5.74, 6) is 2.28. The van der Waals surface area contributed by atoms with Crippen molar-refractivity contribution in [2.45, 2.75) is 67.0 Å². The molecule has 0 bridgehead atoms.